The van der Waals surface area contributed by atoms with Crippen LogP contribution in [0.1, 0.15) is 11.3 Å². The van der Waals surface area contributed by atoms with E-state index in [2.05, 4.69) is 50.3 Å². The Bertz CT molecular complexity index is 808. The fraction of sp³-hybridized carbons (Fsp3) is 0.333. The van der Waals surface area contributed by atoms with E-state index in [1.807, 2.05) is 22.9 Å². The summed E-state index contributed by atoms with van der Waals surface area (Å²) < 4.78 is 2.01. The average Bonchev–Trinajstić information content (AvgIpc) is 3.32. The number of halogens is 1. The summed E-state index contributed by atoms with van der Waals surface area (Å²) in [7, 11) is 0. The molecule has 0 amide bonds. The lowest BCUT2D eigenvalue weighted by Gasteiger charge is -2.34. The standard InChI is InChI=1S/C18H20ClN5S/c19-13-16-7-4-8-24(16)18-21-20-17(25-18)23-11-9-22(10-12-23)14-15-5-2-1-3-6-15/h1-8H,9-14H2. The number of nitrogens with zero attached hydrogens (tertiary/aromatic N) is 5. The predicted molar refractivity (Wildman–Crippen MR) is 103 cm³/mol. The molecule has 1 fully saturated rings. The summed E-state index contributed by atoms with van der Waals surface area (Å²) in [5.41, 5.74) is 2.41. The number of hydrogen-bond acceptors (Lipinski definition) is 5. The van der Waals surface area contributed by atoms with Crippen LogP contribution < -0.4 is 4.90 Å². The predicted octanol–water partition coefficient (Wildman–Crippen LogP) is 3.39. The van der Waals surface area contributed by atoms with Crippen molar-refractivity contribution >= 4 is 28.1 Å². The van der Waals surface area contributed by atoms with Crippen molar-refractivity contribution in [2.75, 3.05) is 31.1 Å². The van der Waals surface area contributed by atoms with Crippen molar-refractivity contribution in [1.29, 1.82) is 0 Å². The summed E-state index contributed by atoms with van der Waals surface area (Å²) in [5, 5.41) is 10.6. The van der Waals surface area contributed by atoms with Gasteiger partial charge in [-0.15, -0.1) is 21.8 Å². The highest BCUT2D eigenvalue weighted by atomic mass is 35.5. The molecule has 0 spiro atoms. The van der Waals surface area contributed by atoms with Crippen LogP contribution in [0.3, 0.4) is 0 Å². The quantitative estimate of drug-likeness (QED) is 0.642. The van der Waals surface area contributed by atoms with Gasteiger partial charge in [0.1, 0.15) is 0 Å². The first-order chi connectivity index (χ1) is 12.3. The average molecular weight is 374 g/mol. The molecule has 0 bridgehead atoms. The topological polar surface area (TPSA) is 37.2 Å². The smallest absolute Gasteiger partial charge is 0.218 e. The number of benzene rings is 1. The molecule has 3 heterocycles. The van der Waals surface area contributed by atoms with E-state index in [0.29, 0.717) is 5.88 Å². The van der Waals surface area contributed by atoms with Gasteiger partial charge < -0.3 is 4.90 Å². The van der Waals surface area contributed by atoms with Crippen molar-refractivity contribution in [3.05, 3.63) is 59.9 Å². The van der Waals surface area contributed by atoms with Crippen LogP contribution in [0.15, 0.2) is 48.7 Å². The largest absolute Gasteiger partial charge is 0.344 e. The Balaban J connectivity index is 1.38. The van der Waals surface area contributed by atoms with E-state index >= 15 is 0 Å². The molecule has 130 valence electrons. The van der Waals surface area contributed by atoms with E-state index in [1.54, 1.807) is 11.3 Å². The SMILES string of the molecule is ClCc1cccn1-c1nnc(N2CCN(Cc3ccccc3)CC2)s1. The maximum atomic E-state index is 5.98. The van der Waals surface area contributed by atoms with Gasteiger partial charge in [-0.05, 0) is 17.7 Å². The van der Waals surface area contributed by atoms with Crippen LogP contribution in [0.5, 0.6) is 0 Å². The van der Waals surface area contributed by atoms with Crippen molar-refractivity contribution in [3.8, 4) is 5.13 Å². The molecule has 1 aliphatic heterocycles. The maximum Gasteiger partial charge on any atom is 0.218 e. The molecule has 25 heavy (non-hydrogen) atoms. The lowest BCUT2D eigenvalue weighted by Crippen LogP contribution is -2.45. The Hall–Kier alpha value is -1.89. The molecule has 0 aliphatic carbocycles. The van der Waals surface area contributed by atoms with E-state index in [0.717, 1.165) is 48.7 Å². The second-order valence-electron chi connectivity index (χ2n) is 6.12. The molecule has 1 aromatic carbocycles. The van der Waals surface area contributed by atoms with Crippen molar-refractivity contribution in [2.45, 2.75) is 12.4 Å². The van der Waals surface area contributed by atoms with E-state index < -0.39 is 0 Å². The second-order valence-corrected chi connectivity index (χ2v) is 7.32. The van der Waals surface area contributed by atoms with Crippen LogP contribution in [-0.2, 0) is 12.4 Å². The summed E-state index contributed by atoms with van der Waals surface area (Å²) in [5.74, 6) is 0.472. The molecule has 0 atom stereocenters. The highest BCUT2D eigenvalue weighted by Gasteiger charge is 2.20. The van der Waals surface area contributed by atoms with Crippen LogP contribution in [0.4, 0.5) is 5.13 Å². The Morgan fingerprint density at radius 2 is 1.68 bits per heavy atom. The molecular weight excluding hydrogens is 354 g/mol. The van der Waals surface area contributed by atoms with Crippen molar-refractivity contribution in [3.63, 3.8) is 0 Å². The Kier molecular flexibility index (Phi) is 5.01. The third kappa shape index (κ3) is 3.71. The zero-order chi connectivity index (χ0) is 17.1. The van der Waals surface area contributed by atoms with Gasteiger partial charge in [0, 0.05) is 44.6 Å². The molecule has 0 radical (unpaired) electrons. The maximum absolute atomic E-state index is 5.98. The van der Waals surface area contributed by atoms with E-state index in [-0.39, 0.29) is 0 Å². The first-order valence-electron chi connectivity index (χ1n) is 8.41. The van der Waals surface area contributed by atoms with E-state index in [9.17, 15) is 0 Å². The number of piperazine rings is 1. The van der Waals surface area contributed by atoms with Crippen molar-refractivity contribution < 1.29 is 0 Å². The van der Waals surface area contributed by atoms with Gasteiger partial charge in [-0.25, -0.2) is 0 Å². The van der Waals surface area contributed by atoms with Gasteiger partial charge in [0.15, 0.2) is 0 Å². The molecular formula is C18H20ClN5S. The molecule has 4 rings (SSSR count). The first kappa shape index (κ1) is 16.6. The molecule has 5 nitrogen and oxygen atoms in total. The van der Waals surface area contributed by atoms with Crippen LogP contribution >= 0.6 is 22.9 Å². The summed E-state index contributed by atoms with van der Waals surface area (Å²) in [4.78, 5) is 4.82. The summed E-state index contributed by atoms with van der Waals surface area (Å²) in [6.45, 7) is 5.06. The molecule has 1 aliphatic rings. The third-order valence-electron chi connectivity index (χ3n) is 4.47. The summed E-state index contributed by atoms with van der Waals surface area (Å²) in [6.07, 6.45) is 1.99. The van der Waals surface area contributed by atoms with Gasteiger partial charge in [0.2, 0.25) is 10.3 Å². The number of alkyl halides is 1. The lowest BCUT2D eigenvalue weighted by atomic mass is 10.2. The minimum absolute atomic E-state index is 0.472. The van der Waals surface area contributed by atoms with Crippen LogP contribution in [0.25, 0.3) is 5.13 Å². The second kappa shape index (κ2) is 7.56. The number of aromatic nitrogens is 3. The minimum Gasteiger partial charge on any atom is -0.344 e. The van der Waals surface area contributed by atoms with E-state index in [4.69, 9.17) is 11.6 Å². The Morgan fingerprint density at radius 3 is 2.44 bits per heavy atom. The monoisotopic (exact) mass is 373 g/mol. The third-order valence-corrected chi connectivity index (χ3v) is 5.73. The fourth-order valence-electron chi connectivity index (χ4n) is 3.08. The number of anilines is 1. The molecule has 0 N–H and O–H groups in total. The first-order valence-corrected chi connectivity index (χ1v) is 9.76. The fourth-order valence-corrected chi connectivity index (χ4v) is 4.22. The van der Waals surface area contributed by atoms with Crippen LogP contribution in [0, 0.1) is 0 Å². The Morgan fingerprint density at radius 1 is 0.920 bits per heavy atom. The van der Waals surface area contributed by atoms with Crippen LogP contribution in [-0.4, -0.2) is 45.8 Å². The van der Waals surface area contributed by atoms with Gasteiger partial charge in [-0.2, -0.15) is 0 Å². The van der Waals surface area contributed by atoms with Gasteiger partial charge in [-0.1, -0.05) is 41.7 Å². The number of rotatable bonds is 5. The molecule has 0 saturated carbocycles. The molecule has 1 saturated heterocycles. The van der Waals surface area contributed by atoms with Crippen molar-refractivity contribution in [2.24, 2.45) is 0 Å². The zero-order valence-corrected chi connectivity index (χ0v) is 15.5. The summed E-state index contributed by atoms with van der Waals surface area (Å²) >= 11 is 7.60. The Labute approximate surface area is 156 Å². The molecule has 7 heteroatoms. The van der Waals surface area contributed by atoms with E-state index in [1.165, 1.54) is 5.56 Å². The highest BCUT2D eigenvalue weighted by molar-refractivity contribution is 7.17. The zero-order valence-electron chi connectivity index (χ0n) is 13.9. The van der Waals surface area contributed by atoms with Gasteiger partial charge >= 0.3 is 0 Å². The minimum atomic E-state index is 0.472. The number of hydrogen-bond donors (Lipinski definition) is 0. The molecule has 2 aromatic heterocycles. The van der Waals surface area contributed by atoms with Gasteiger partial charge in [0.05, 0.1) is 5.88 Å². The lowest BCUT2D eigenvalue weighted by molar-refractivity contribution is 0.249. The van der Waals surface area contributed by atoms with Gasteiger partial charge in [-0.3, -0.25) is 9.47 Å². The highest BCUT2D eigenvalue weighted by Crippen LogP contribution is 2.26. The summed E-state index contributed by atoms with van der Waals surface area (Å²) in [6, 6.07) is 14.6. The van der Waals surface area contributed by atoms with Crippen LogP contribution in [0.2, 0.25) is 0 Å². The van der Waals surface area contributed by atoms with Gasteiger partial charge in [0.25, 0.3) is 0 Å². The van der Waals surface area contributed by atoms with Crippen molar-refractivity contribution in [1.82, 2.24) is 19.7 Å². The molecule has 0 unspecified atom stereocenters. The normalized spacial score (nSPS) is 15.6. The molecule has 3 aromatic rings.